The zero-order chi connectivity index (χ0) is 28.0. The molecule has 1 fully saturated rings. The Kier molecular flexibility index (Phi) is 8.92. The van der Waals surface area contributed by atoms with Crippen LogP contribution in [0.25, 0.3) is 0 Å². The molecule has 0 aliphatic carbocycles. The average Bonchev–Trinajstić information content (AvgIpc) is 3.44. The van der Waals surface area contributed by atoms with Gasteiger partial charge in [0.25, 0.3) is 0 Å². The van der Waals surface area contributed by atoms with E-state index in [4.69, 9.17) is 14.2 Å². The van der Waals surface area contributed by atoms with Gasteiger partial charge in [-0.05, 0) is 38.1 Å². The maximum absolute atomic E-state index is 14.8. The number of para-hydroxylation sites is 2. The number of hydrogen-bond acceptors (Lipinski definition) is 10. The molecule has 0 saturated carbocycles. The Bertz CT molecular complexity index is 1380. The largest absolute Gasteiger partial charge is 0.493 e. The van der Waals surface area contributed by atoms with Gasteiger partial charge in [-0.25, -0.2) is 17.8 Å². The fourth-order valence-corrected chi connectivity index (χ4v) is 5.35. The lowest BCUT2D eigenvalue weighted by Crippen LogP contribution is -2.37. The first-order valence-electron chi connectivity index (χ1n) is 12.4. The number of anilines is 5. The third-order valence-corrected chi connectivity index (χ3v) is 7.49. The summed E-state index contributed by atoms with van der Waals surface area (Å²) in [5, 5.41) is 5.97. The molecule has 0 unspecified atom stereocenters. The monoisotopic (exact) mass is 560 g/mol. The number of benzene rings is 2. The SMILES string of the molecule is COc1cc(Nc2ncc(F)c(Nc3ccccc3N(CCN3CCCC3)S(C)(=O)=O)n2)cc(OC)c1OC. The molecule has 1 saturated heterocycles. The Morgan fingerprint density at radius 1 is 1.03 bits per heavy atom. The lowest BCUT2D eigenvalue weighted by atomic mass is 10.2. The predicted molar refractivity (Wildman–Crippen MR) is 149 cm³/mol. The molecule has 1 aliphatic heterocycles. The van der Waals surface area contributed by atoms with Crippen LogP contribution in [0.5, 0.6) is 17.2 Å². The van der Waals surface area contributed by atoms with Crippen LogP contribution in [0.4, 0.5) is 33.2 Å². The second kappa shape index (κ2) is 12.3. The van der Waals surface area contributed by atoms with Gasteiger partial charge in [0.05, 0.1) is 45.2 Å². The summed E-state index contributed by atoms with van der Waals surface area (Å²) in [4.78, 5) is 10.6. The van der Waals surface area contributed by atoms with E-state index in [0.717, 1.165) is 32.1 Å². The Labute approximate surface area is 228 Å². The minimum atomic E-state index is -3.61. The van der Waals surface area contributed by atoms with Crippen LogP contribution in [0.15, 0.2) is 42.6 Å². The first-order chi connectivity index (χ1) is 18.7. The molecule has 1 aromatic heterocycles. The van der Waals surface area contributed by atoms with E-state index >= 15 is 0 Å². The summed E-state index contributed by atoms with van der Waals surface area (Å²) >= 11 is 0. The predicted octanol–water partition coefficient (Wildman–Crippen LogP) is 3.99. The normalized spacial score (nSPS) is 13.7. The molecular formula is C26H33FN6O5S. The molecule has 2 N–H and O–H groups in total. The summed E-state index contributed by atoms with van der Waals surface area (Å²) in [5.74, 6) is 0.528. The number of rotatable bonds is 12. The van der Waals surface area contributed by atoms with Crippen molar-refractivity contribution in [2.24, 2.45) is 0 Å². The first kappa shape index (κ1) is 28.2. The van der Waals surface area contributed by atoms with Crippen molar-refractivity contribution in [3.05, 3.63) is 48.4 Å². The lowest BCUT2D eigenvalue weighted by Gasteiger charge is -2.27. The van der Waals surface area contributed by atoms with Crippen LogP contribution >= 0.6 is 0 Å². The highest BCUT2D eigenvalue weighted by Gasteiger charge is 2.23. The zero-order valence-corrected chi connectivity index (χ0v) is 23.2. The number of sulfonamides is 1. The van der Waals surface area contributed by atoms with E-state index in [1.807, 2.05) is 0 Å². The van der Waals surface area contributed by atoms with Gasteiger partial charge in [-0.1, -0.05) is 12.1 Å². The van der Waals surface area contributed by atoms with Gasteiger partial charge < -0.3 is 29.7 Å². The molecule has 0 amide bonds. The van der Waals surface area contributed by atoms with E-state index in [2.05, 4.69) is 25.5 Å². The van der Waals surface area contributed by atoms with Crippen molar-refractivity contribution in [2.45, 2.75) is 12.8 Å². The number of hydrogen-bond donors (Lipinski definition) is 2. The van der Waals surface area contributed by atoms with Crippen molar-refractivity contribution in [3.63, 3.8) is 0 Å². The minimum absolute atomic E-state index is 0.0969. The van der Waals surface area contributed by atoms with Gasteiger partial charge in [-0.15, -0.1) is 0 Å². The molecular weight excluding hydrogens is 527 g/mol. The molecule has 0 atom stereocenters. The standard InChI is InChI=1S/C26H33FN6O5S/c1-36-22-15-18(16-23(37-2)24(22)38-3)29-26-28-17-19(27)25(31-26)30-20-9-5-6-10-21(20)33(39(4,34)35)14-13-32-11-7-8-12-32/h5-6,9-10,15-17H,7-8,11-14H2,1-4H3,(H2,28,29,30,31). The van der Waals surface area contributed by atoms with E-state index < -0.39 is 15.8 Å². The molecule has 1 aliphatic rings. The summed E-state index contributed by atoms with van der Waals surface area (Å²) in [6.07, 6.45) is 4.41. The number of likely N-dealkylation sites (tertiary alicyclic amines) is 1. The molecule has 0 bridgehead atoms. The van der Waals surface area contributed by atoms with Crippen LogP contribution in [0.3, 0.4) is 0 Å². The summed E-state index contributed by atoms with van der Waals surface area (Å²) in [5.41, 5.74) is 1.31. The summed E-state index contributed by atoms with van der Waals surface area (Å²) in [7, 11) is 0.895. The second-order valence-corrected chi connectivity index (χ2v) is 10.9. The zero-order valence-electron chi connectivity index (χ0n) is 22.4. The molecule has 210 valence electrons. The number of ether oxygens (including phenoxy) is 3. The smallest absolute Gasteiger partial charge is 0.232 e. The van der Waals surface area contributed by atoms with Crippen molar-refractivity contribution in [1.82, 2.24) is 14.9 Å². The van der Waals surface area contributed by atoms with E-state index in [1.54, 1.807) is 36.4 Å². The van der Waals surface area contributed by atoms with Gasteiger partial charge in [0, 0.05) is 30.9 Å². The van der Waals surface area contributed by atoms with Gasteiger partial charge in [-0.3, -0.25) is 4.31 Å². The molecule has 13 heteroatoms. The number of methoxy groups -OCH3 is 3. The number of halogens is 1. The molecule has 11 nitrogen and oxygen atoms in total. The Hall–Kier alpha value is -3.84. The Morgan fingerprint density at radius 2 is 1.69 bits per heavy atom. The third kappa shape index (κ3) is 6.79. The fourth-order valence-electron chi connectivity index (χ4n) is 4.43. The Balaban J connectivity index is 1.61. The van der Waals surface area contributed by atoms with Crippen LogP contribution in [0.1, 0.15) is 12.8 Å². The van der Waals surface area contributed by atoms with E-state index in [1.165, 1.54) is 31.9 Å². The average molecular weight is 561 g/mol. The van der Waals surface area contributed by atoms with Gasteiger partial charge >= 0.3 is 0 Å². The highest BCUT2D eigenvalue weighted by molar-refractivity contribution is 7.92. The van der Waals surface area contributed by atoms with Crippen molar-refractivity contribution in [3.8, 4) is 17.2 Å². The highest BCUT2D eigenvalue weighted by Crippen LogP contribution is 2.40. The quantitative estimate of drug-likeness (QED) is 0.337. The maximum atomic E-state index is 14.8. The van der Waals surface area contributed by atoms with Gasteiger partial charge in [0.2, 0.25) is 21.7 Å². The van der Waals surface area contributed by atoms with Crippen LogP contribution in [-0.4, -0.2) is 77.0 Å². The topological polar surface area (TPSA) is 118 Å². The first-order valence-corrected chi connectivity index (χ1v) is 14.2. The van der Waals surface area contributed by atoms with Crippen LogP contribution in [0.2, 0.25) is 0 Å². The van der Waals surface area contributed by atoms with Gasteiger partial charge in [0.1, 0.15) is 0 Å². The lowest BCUT2D eigenvalue weighted by molar-refractivity contribution is 0.324. The molecule has 3 aromatic rings. The van der Waals surface area contributed by atoms with Crippen molar-refractivity contribution < 1.29 is 27.0 Å². The summed E-state index contributed by atoms with van der Waals surface area (Å²) < 4.78 is 57.8. The van der Waals surface area contributed by atoms with Crippen molar-refractivity contribution in [2.75, 3.05) is 68.7 Å². The number of aromatic nitrogens is 2. The van der Waals surface area contributed by atoms with E-state index in [9.17, 15) is 12.8 Å². The van der Waals surface area contributed by atoms with Crippen LogP contribution in [0, 0.1) is 5.82 Å². The molecule has 39 heavy (non-hydrogen) atoms. The summed E-state index contributed by atoms with van der Waals surface area (Å²) in [6, 6.07) is 10.2. The molecule has 2 aromatic carbocycles. The van der Waals surface area contributed by atoms with Crippen molar-refractivity contribution in [1.29, 1.82) is 0 Å². The molecule has 0 radical (unpaired) electrons. The van der Waals surface area contributed by atoms with E-state index in [0.29, 0.717) is 40.9 Å². The van der Waals surface area contributed by atoms with Gasteiger partial charge in [0.15, 0.2) is 23.1 Å². The second-order valence-electron chi connectivity index (χ2n) is 8.96. The van der Waals surface area contributed by atoms with Gasteiger partial charge in [-0.2, -0.15) is 4.98 Å². The molecule has 2 heterocycles. The van der Waals surface area contributed by atoms with Crippen LogP contribution in [-0.2, 0) is 10.0 Å². The Morgan fingerprint density at radius 3 is 2.31 bits per heavy atom. The maximum Gasteiger partial charge on any atom is 0.232 e. The fraction of sp³-hybridized carbons (Fsp3) is 0.385. The summed E-state index contributed by atoms with van der Waals surface area (Å²) in [6.45, 7) is 2.78. The minimum Gasteiger partial charge on any atom is -0.493 e. The third-order valence-electron chi connectivity index (χ3n) is 6.31. The number of nitrogens with zero attached hydrogens (tertiary/aromatic N) is 4. The van der Waals surface area contributed by atoms with E-state index in [-0.39, 0.29) is 18.3 Å². The number of nitrogens with one attached hydrogen (secondary N) is 2. The van der Waals surface area contributed by atoms with Crippen molar-refractivity contribution >= 4 is 38.9 Å². The van der Waals surface area contributed by atoms with Crippen LogP contribution < -0.4 is 29.1 Å². The molecule has 0 spiro atoms. The highest BCUT2D eigenvalue weighted by atomic mass is 32.2. The molecule has 4 rings (SSSR count).